The maximum Gasteiger partial charge on any atom is 0.251 e. The van der Waals surface area contributed by atoms with E-state index in [4.69, 9.17) is 4.74 Å². The summed E-state index contributed by atoms with van der Waals surface area (Å²) in [5.41, 5.74) is 2.22. The number of thioether (sulfide) groups is 1. The zero-order chi connectivity index (χ0) is 20.3. The van der Waals surface area contributed by atoms with Gasteiger partial charge in [-0.3, -0.25) is 9.59 Å². The number of benzene rings is 2. The maximum atomic E-state index is 12.7. The molecule has 1 aliphatic heterocycles. The van der Waals surface area contributed by atoms with Gasteiger partial charge in [-0.1, -0.05) is 18.2 Å². The SMILES string of the molecule is COc1ccccc1[C@@H](CNC(=O)c1ccc2c(c1)NC(=O)[C@@H](C)S2)N(C)C. The van der Waals surface area contributed by atoms with Gasteiger partial charge in [0.1, 0.15) is 5.75 Å². The molecule has 7 heteroatoms. The minimum Gasteiger partial charge on any atom is -0.496 e. The molecule has 0 saturated heterocycles. The Morgan fingerprint density at radius 3 is 2.75 bits per heavy atom. The van der Waals surface area contributed by atoms with Crippen molar-refractivity contribution in [1.29, 1.82) is 0 Å². The van der Waals surface area contributed by atoms with Crippen LogP contribution in [-0.4, -0.2) is 49.7 Å². The van der Waals surface area contributed by atoms with Gasteiger partial charge in [0, 0.05) is 22.6 Å². The van der Waals surface area contributed by atoms with E-state index in [1.807, 2.05) is 56.3 Å². The van der Waals surface area contributed by atoms with E-state index < -0.39 is 0 Å². The van der Waals surface area contributed by atoms with E-state index in [1.54, 1.807) is 19.2 Å². The first-order valence-electron chi connectivity index (χ1n) is 9.09. The summed E-state index contributed by atoms with van der Waals surface area (Å²) in [6.07, 6.45) is 0. The zero-order valence-electron chi connectivity index (χ0n) is 16.5. The van der Waals surface area contributed by atoms with Crippen LogP contribution < -0.4 is 15.4 Å². The van der Waals surface area contributed by atoms with Crippen LogP contribution in [0.4, 0.5) is 5.69 Å². The molecule has 2 aromatic carbocycles. The van der Waals surface area contributed by atoms with Crippen molar-refractivity contribution in [2.45, 2.75) is 23.1 Å². The van der Waals surface area contributed by atoms with Crippen LogP contribution in [0, 0.1) is 0 Å². The number of ether oxygens (including phenoxy) is 1. The summed E-state index contributed by atoms with van der Waals surface area (Å²) in [5, 5.41) is 5.74. The maximum absolute atomic E-state index is 12.7. The monoisotopic (exact) mass is 399 g/mol. The summed E-state index contributed by atoms with van der Waals surface area (Å²) >= 11 is 1.50. The van der Waals surface area contributed by atoms with Crippen LogP contribution in [-0.2, 0) is 4.79 Å². The molecule has 148 valence electrons. The first-order valence-corrected chi connectivity index (χ1v) is 9.97. The van der Waals surface area contributed by atoms with Crippen molar-refractivity contribution in [2.24, 2.45) is 0 Å². The lowest BCUT2D eigenvalue weighted by atomic mass is 10.0. The third-order valence-corrected chi connectivity index (χ3v) is 5.93. The number of para-hydroxylation sites is 1. The number of rotatable bonds is 6. The molecule has 2 N–H and O–H groups in total. The molecule has 0 unspecified atom stereocenters. The van der Waals surface area contributed by atoms with Gasteiger partial charge in [0.05, 0.1) is 24.1 Å². The lowest BCUT2D eigenvalue weighted by Crippen LogP contribution is -2.35. The summed E-state index contributed by atoms with van der Waals surface area (Å²) in [5.74, 6) is 0.569. The predicted octanol–water partition coefficient (Wildman–Crippen LogP) is 3.16. The number of carbonyl (C=O) groups is 2. The second-order valence-corrected chi connectivity index (χ2v) is 8.27. The van der Waals surface area contributed by atoms with Crippen molar-refractivity contribution >= 4 is 29.3 Å². The molecule has 1 heterocycles. The summed E-state index contributed by atoms with van der Waals surface area (Å²) in [4.78, 5) is 27.6. The van der Waals surface area contributed by atoms with Gasteiger partial charge in [-0.25, -0.2) is 0 Å². The number of nitrogens with one attached hydrogen (secondary N) is 2. The third kappa shape index (κ3) is 4.31. The number of fused-ring (bicyclic) bond motifs is 1. The standard InChI is InChI=1S/C21H25N3O3S/c1-13-20(25)23-16-11-14(9-10-19(16)28-13)21(26)22-12-17(24(2)3)15-7-5-6-8-18(15)27-4/h5-11,13,17H,12H2,1-4H3,(H,22,26)(H,23,25)/t13-,17-/m1/s1. The molecular formula is C21H25N3O3S. The van der Waals surface area contributed by atoms with E-state index in [0.717, 1.165) is 16.2 Å². The van der Waals surface area contributed by atoms with E-state index in [-0.39, 0.29) is 23.1 Å². The summed E-state index contributed by atoms with van der Waals surface area (Å²) in [7, 11) is 5.58. The second-order valence-electron chi connectivity index (χ2n) is 6.89. The van der Waals surface area contributed by atoms with Crippen LogP contribution in [0.1, 0.15) is 28.9 Å². The van der Waals surface area contributed by atoms with Crippen molar-refractivity contribution < 1.29 is 14.3 Å². The Morgan fingerprint density at radius 1 is 1.29 bits per heavy atom. The van der Waals surface area contributed by atoms with Crippen molar-refractivity contribution in [1.82, 2.24) is 10.2 Å². The number of likely N-dealkylation sites (N-methyl/N-ethyl adjacent to an activating group) is 1. The average molecular weight is 400 g/mol. The molecule has 2 aromatic rings. The highest BCUT2D eigenvalue weighted by molar-refractivity contribution is 8.00. The Bertz CT molecular complexity index is 885. The molecular weight excluding hydrogens is 374 g/mol. The second kappa shape index (κ2) is 8.67. The normalized spacial score (nSPS) is 16.9. The first kappa shape index (κ1) is 20.2. The van der Waals surface area contributed by atoms with Crippen LogP contribution in [0.25, 0.3) is 0 Å². The van der Waals surface area contributed by atoms with Gasteiger partial charge in [-0.05, 0) is 45.3 Å². The van der Waals surface area contributed by atoms with Crippen molar-refractivity contribution in [3.8, 4) is 5.75 Å². The largest absolute Gasteiger partial charge is 0.496 e. The molecule has 6 nitrogen and oxygen atoms in total. The van der Waals surface area contributed by atoms with Gasteiger partial charge in [-0.2, -0.15) is 0 Å². The Hall–Kier alpha value is -2.51. The molecule has 0 aromatic heterocycles. The van der Waals surface area contributed by atoms with Gasteiger partial charge >= 0.3 is 0 Å². The van der Waals surface area contributed by atoms with Crippen molar-refractivity contribution in [3.63, 3.8) is 0 Å². The van der Waals surface area contributed by atoms with Gasteiger partial charge in [-0.15, -0.1) is 11.8 Å². The first-order chi connectivity index (χ1) is 13.4. The van der Waals surface area contributed by atoms with Crippen LogP contribution in [0.5, 0.6) is 5.75 Å². The number of anilines is 1. The molecule has 0 aliphatic carbocycles. The Morgan fingerprint density at radius 2 is 2.04 bits per heavy atom. The Balaban J connectivity index is 1.74. The lowest BCUT2D eigenvalue weighted by molar-refractivity contribution is -0.115. The highest BCUT2D eigenvalue weighted by atomic mass is 32.2. The summed E-state index contributed by atoms with van der Waals surface area (Å²) in [6.45, 7) is 2.30. The van der Waals surface area contributed by atoms with Gasteiger partial charge < -0.3 is 20.3 Å². The number of nitrogens with zero attached hydrogens (tertiary/aromatic N) is 1. The molecule has 2 atom stereocenters. The molecule has 28 heavy (non-hydrogen) atoms. The van der Waals surface area contributed by atoms with Gasteiger partial charge in [0.25, 0.3) is 5.91 Å². The van der Waals surface area contributed by atoms with E-state index in [9.17, 15) is 9.59 Å². The highest BCUT2D eigenvalue weighted by Crippen LogP contribution is 2.36. The molecule has 0 spiro atoms. The minimum absolute atomic E-state index is 0.0335. The number of amides is 2. The molecule has 0 radical (unpaired) electrons. The Labute approximate surface area is 169 Å². The quantitative estimate of drug-likeness (QED) is 0.781. The highest BCUT2D eigenvalue weighted by Gasteiger charge is 2.24. The van der Waals surface area contributed by atoms with E-state index >= 15 is 0 Å². The molecule has 0 saturated carbocycles. The number of hydrogen-bond donors (Lipinski definition) is 2. The fraction of sp³-hybridized carbons (Fsp3) is 0.333. The number of methoxy groups -OCH3 is 1. The van der Waals surface area contributed by atoms with Crippen molar-refractivity contribution in [3.05, 3.63) is 53.6 Å². The number of hydrogen-bond acceptors (Lipinski definition) is 5. The molecule has 0 bridgehead atoms. The van der Waals surface area contributed by atoms with Crippen LogP contribution in [0.15, 0.2) is 47.4 Å². The lowest BCUT2D eigenvalue weighted by Gasteiger charge is -2.26. The topological polar surface area (TPSA) is 70.7 Å². The third-order valence-electron chi connectivity index (χ3n) is 4.75. The van der Waals surface area contributed by atoms with E-state index in [1.165, 1.54) is 11.8 Å². The molecule has 1 aliphatic rings. The predicted molar refractivity (Wildman–Crippen MR) is 112 cm³/mol. The molecule has 2 amide bonds. The van der Waals surface area contributed by atoms with Gasteiger partial charge in [0.15, 0.2) is 0 Å². The van der Waals surface area contributed by atoms with Crippen LogP contribution in [0.2, 0.25) is 0 Å². The fourth-order valence-electron chi connectivity index (χ4n) is 3.15. The van der Waals surface area contributed by atoms with Crippen LogP contribution >= 0.6 is 11.8 Å². The van der Waals surface area contributed by atoms with Crippen LogP contribution in [0.3, 0.4) is 0 Å². The summed E-state index contributed by atoms with van der Waals surface area (Å²) in [6, 6.07) is 13.2. The van der Waals surface area contributed by atoms with E-state index in [0.29, 0.717) is 17.8 Å². The number of carbonyl (C=O) groups excluding carboxylic acids is 2. The zero-order valence-corrected chi connectivity index (χ0v) is 17.3. The molecule has 3 rings (SSSR count). The molecule has 0 fully saturated rings. The fourth-order valence-corrected chi connectivity index (χ4v) is 4.08. The van der Waals surface area contributed by atoms with Gasteiger partial charge in [0.2, 0.25) is 5.91 Å². The summed E-state index contributed by atoms with van der Waals surface area (Å²) < 4.78 is 5.47. The van der Waals surface area contributed by atoms with Crippen molar-refractivity contribution in [2.75, 3.05) is 33.1 Å². The minimum atomic E-state index is -0.178. The van der Waals surface area contributed by atoms with E-state index in [2.05, 4.69) is 10.6 Å². The Kier molecular flexibility index (Phi) is 6.26. The average Bonchev–Trinajstić information content (AvgIpc) is 2.68. The smallest absolute Gasteiger partial charge is 0.251 e.